The summed E-state index contributed by atoms with van der Waals surface area (Å²) in [5.74, 6) is 0. The number of hydrogen-bond acceptors (Lipinski definition) is 2. The molecule has 2 nitrogen and oxygen atoms in total. The summed E-state index contributed by atoms with van der Waals surface area (Å²) in [5, 5.41) is 3.35. The van der Waals surface area contributed by atoms with Gasteiger partial charge in [0.25, 0.3) is 0 Å². The molecule has 0 saturated heterocycles. The topological polar surface area (TPSA) is 15.3 Å². The molecule has 0 aromatic heterocycles. The zero-order valence-corrected chi connectivity index (χ0v) is 12.3. The van der Waals surface area contributed by atoms with Gasteiger partial charge in [-0.05, 0) is 68.3 Å². The van der Waals surface area contributed by atoms with Crippen molar-refractivity contribution in [2.45, 2.75) is 38.6 Å². The first-order valence-electron chi connectivity index (χ1n) is 7.65. The molecule has 2 aliphatic carbocycles. The van der Waals surface area contributed by atoms with Crippen molar-refractivity contribution in [2.75, 3.05) is 27.2 Å². The van der Waals surface area contributed by atoms with Gasteiger partial charge in [0.1, 0.15) is 0 Å². The SMILES string of the molecule is CNCC1(CN(C)Cc2ccc3c(c2)CCC3)CC1. The highest BCUT2D eigenvalue weighted by molar-refractivity contribution is 5.35. The van der Waals surface area contributed by atoms with Crippen LogP contribution in [0.15, 0.2) is 18.2 Å². The van der Waals surface area contributed by atoms with Gasteiger partial charge in [0.2, 0.25) is 0 Å². The Kier molecular flexibility index (Phi) is 3.64. The van der Waals surface area contributed by atoms with Gasteiger partial charge in [-0.2, -0.15) is 0 Å². The molecule has 0 bridgehead atoms. The van der Waals surface area contributed by atoms with Crippen molar-refractivity contribution < 1.29 is 0 Å². The standard InChI is InChI=1S/C17H26N2/c1-18-12-17(8-9-17)13-19(2)11-14-6-7-15-4-3-5-16(15)10-14/h6-7,10,18H,3-5,8-9,11-13H2,1-2H3. The smallest absolute Gasteiger partial charge is 0.0231 e. The van der Waals surface area contributed by atoms with Crippen molar-refractivity contribution in [1.29, 1.82) is 0 Å². The van der Waals surface area contributed by atoms with Crippen LogP contribution in [-0.2, 0) is 19.4 Å². The molecule has 2 aliphatic rings. The Bertz CT molecular complexity index is 449. The number of fused-ring (bicyclic) bond motifs is 1. The van der Waals surface area contributed by atoms with Crippen molar-refractivity contribution in [3.05, 3.63) is 34.9 Å². The minimum atomic E-state index is 0.570. The number of nitrogens with one attached hydrogen (secondary N) is 1. The first-order valence-corrected chi connectivity index (χ1v) is 7.65. The normalized spacial score (nSPS) is 19.7. The number of hydrogen-bond donors (Lipinski definition) is 1. The maximum Gasteiger partial charge on any atom is 0.0231 e. The van der Waals surface area contributed by atoms with Crippen LogP contribution in [0.5, 0.6) is 0 Å². The first-order chi connectivity index (χ1) is 9.21. The molecule has 0 unspecified atom stereocenters. The highest BCUT2D eigenvalue weighted by Crippen LogP contribution is 2.45. The molecular weight excluding hydrogens is 232 g/mol. The van der Waals surface area contributed by atoms with Crippen LogP contribution in [0.25, 0.3) is 0 Å². The Hall–Kier alpha value is -0.860. The molecule has 104 valence electrons. The quantitative estimate of drug-likeness (QED) is 0.844. The Morgan fingerprint density at radius 2 is 2.00 bits per heavy atom. The second-order valence-corrected chi connectivity index (χ2v) is 6.66. The Morgan fingerprint density at radius 3 is 2.74 bits per heavy atom. The van der Waals surface area contributed by atoms with Gasteiger partial charge in [0, 0.05) is 19.6 Å². The third-order valence-electron chi connectivity index (χ3n) is 4.73. The van der Waals surface area contributed by atoms with Gasteiger partial charge in [0.05, 0.1) is 0 Å². The molecule has 1 N–H and O–H groups in total. The lowest BCUT2D eigenvalue weighted by Gasteiger charge is -2.23. The largest absolute Gasteiger partial charge is 0.319 e. The molecule has 1 saturated carbocycles. The van der Waals surface area contributed by atoms with Gasteiger partial charge in [-0.25, -0.2) is 0 Å². The first kappa shape index (κ1) is 13.1. The third-order valence-corrected chi connectivity index (χ3v) is 4.73. The summed E-state index contributed by atoms with van der Waals surface area (Å²) in [5.41, 5.74) is 5.24. The lowest BCUT2D eigenvalue weighted by Crippen LogP contribution is -2.32. The van der Waals surface area contributed by atoms with Crippen molar-refractivity contribution >= 4 is 0 Å². The fraction of sp³-hybridized carbons (Fsp3) is 0.647. The Balaban J connectivity index is 1.59. The predicted octanol–water partition coefficient (Wildman–Crippen LogP) is 2.61. The summed E-state index contributed by atoms with van der Waals surface area (Å²) in [6, 6.07) is 7.13. The summed E-state index contributed by atoms with van der Waals surface area (Å²) >= 11 is 0. The lowest BCUT2D eigenvalue weighted by molar-refractivity contribution is 0.252. The van der Waals surface area contributed by atoms with Crippen LogP contribution in [0.4, 0.5) is 0 Å². The summed E-state index contributed by atoms with van der Waals surface area (Å²) < 4.78 is 0. The van der Waals surface area contributed by atoms with Crippen LogP contribution in [0.1, 0.15) is 36.0 Å². The van der Waals surface area contributed by atoms with Crippen LogP contribution >= 0.6 is 0 Å². The van der Waals surface area contributed by atoms with Gasteiger partial charge < -0.3 is 10.2 Å². The van der Waals surface area contributed by atoms with Crippen LogP contribution in [0.3, 0.4) is 0 Å². The minimum absolute atomic E-state index is 0.570. The zero-order valence-electron chi connectivity index (χ0n) is 12.3. The van der Waals surface area contributed by atoms with E-state index in [0.29, 0.717) is 5.41 Å². The molecule has 1 fully saturated rings. The fourth-order valence-electron chi connectivity index (χ4n) is 3.61. The van der Waals surface area contributed by atoms with Crippen LogP contribution < -0.4 is 5.32 Å². The summed E-state index contributed by atoms with van der Waals surface area (Å²) in [6.07, 6.45) is 6.71. The van der Waals surface area contributed by atoms with E-state index < -0.39 is 0 Å². The predicted molar refractivity (Wildman–Crippen MR) is 80.4 cm³/mol. The molecule has 0 amide bonds. The van der Waals surface area contributed by atoms with Crippen LogP contribution in [0.2, 0.25) is 0 Å². The zero-order chi connectivity index (χ0) is 13.3. The maximum atomic E-state index is 3.35. The van der Waals surface area contributed by atoms with E-state index in [1.807, 2.05) is 0 Å². The molecule has 0 aliphatic heterocycles. The molecule has 1 aromatic carbocycles. The summed E-state index contributed by atoms with van der Waals surface area (Å²) in [4.78, 5) is 2.50. The molecule has 2 heteroatoms. The van der Waals surface area contributed by atoms with Gasteiger partial charge in [-0.1, -0.05) is 18.2 Å². The molecular formula is C17H26N2. The number of aryl methyl sites for hydroxylation is 2. The molecule has 0 spiro atoms. The van der Waals surface area contributed by atoms with E-state index in [4.69, 9.17) is 0 Å². The van der Waals surface area contributed by atoms with E-state index in [1.54, 1.807) is 11.1 Å². The number of benzene rings is 1. The average molecular weight is 258 g/mol. The van der Waals surface area contributed by atoms with Crippen molar-refractivity contribution in [3.8, 4) is 0 Å². The van der Waals surface area contributed by atoms with Crippen LogP contribution in [-0.4, -0.2) is 32.1 Å². The van der Waals surface area contributed by atoms with Crippen molar-refractivity contribution in [1.82, 2.24) is 10.2 Å². The maximum absolute atomic E-state index is 3.35. The van der Waals surface area contributed by atoms with Gasteiger partial charge in [0.15, 0.2) is 0 Å². The molecule has 3 rings (SSSR count). The average Bonchev–Trinajstić information content (AvgIpc) is 2.96. The number of rotatable bonds is 6. The van der Waals surface area contributed by atoms with E-state index in [1.165, 1.54) is 50.8 Å². The third kappa shape index (κ3) is 3.01. The molecule has 0 heterocycles. The highest BCUT2D eigenvalue weighted by atomic mass is 15.1. The Labute approximate surface area is 117 Å². The van der Waals surface area contributed by atoms with E-state index in [0.717, 1.165) is 6.54 Å². The van der Waals surface area contributed by atoms with E-state index in [9.17, 15) is 0 Å². The van der Waals surface area contributed by atoms with Gasteiger partial charge in [-0.15, -0.1) is 0 Å². The van der Waals surface area contributed by atoms with Gasteiger partial charge in [-0.3, -0.25) is 0 Å². The number of nitrogens with zero attached hydrogens (tertiary/aromatic N) is 1. The highest BCUT2D eigenvalue weighted by Gasteiger charge is 2.42. The molecule has 1 aromatic rings. The second-order valence-electron chi connectivity index (χ2n) is 6.66. The minimum Gasteiger partial charge on any atom is -0.319 e. The fourth-order valence-corrected chi connectivity index (χ4v) is 3.61. The molecule has 0 radical (unpaired) electrons. The Morgan fingerprint density at radius 1 is 1.21 bits per heavy atom. The summed E-state index contributed by atoms with van der Waals surface area (Å²) in [6.45, 7) is 3.49. The second kappa shape index (κ2) is 5.26. The van der Waals surface area contributed by atoms with E-state index in [2.05, 4.69) is 42.5 Å². The monoisotopic (exact) mass is 258 g/mol. The van der Waals surface area contributed by atoms with Crippen molar-refractivity contribution in [3.63, 3.8) is 0 Å². The summed E-state index contributed by atoms with van der Waals surface area (Å²) in [7, 11) is 4.34. The van der Waals surface area contributed by atoms with E-state index in [-0.39, 0.29) is 0 Å². The van der Waals surface area contributed by atoms with E-state index >= 15 is 0 Å². The van der Waals surface area contributed by atoms with Crippen molar-refractivity contribution in [2.24, 2.45) is 5.41 Å². The van der Waals surface area contributed by atoms with Crippen LogP contribution in [0, 0.1) is 5.41 Å². The van der Waals surface area contributed by atoms with Gasteiger partial charge >= 0.3 is 0 Å². The lowest BCUT2D eigenvalue weighted by atomic mass is 10.0. The molecule has 19 heavy (non-hydrogen) atoms. The molecule has 0 atom stereocenters.